The van der Waals surface area contributed by atoms with Gasteiger partial charge in [-0.1, -0.05) is 0 Å². The fourth-order valence-corrected chi connectivity index (χ4v) is 2.53. The van der Waals surface area contributed by atoms with Crippen LogP contribution in [0.15, 0.2) is 35.1 Å². The molecule has 9 heteroatoms. The molecule has 0 unspecified atom stereocenters. The number of carbonyl (C=O) groups excluding carboxylic acids is 2. The van der Waals surface area contributed by atoms with Gasteiger partial charge < -0.3 is 4.74 Å². The van der Waals surface area contributed by atoms with E-state index in [1.54, 1.807) is 19.9 Å². The van der Waals surface area contributed by atoms with Gasteiger partial charge >= 0.3 is 5.97 Å². The predicted octanol–water partition coefficient (Wildman–Crippen LogP) is 1.38. The Kier molecular flexibility index (Phi) is 6.05. The maximum atomic E-state index is 12.3. The summed E-state index contributed by atoms with van der Waals surface area (Å²) in [5.41, 5.74) is 3.67. The lowest BCUT2D eigenvalue weighted by molar-refractivity contribution is 0.0600. The largest absolute Gasteiger partial charge is 0.465 e. The van der Waals surface area contributed by atoms with E-state index in [2.05, 4.69) is 15.5 Å². The predicted molar refractivity (Wildman–Crippen MR) is 102 cm³/mol. The molecule has 0 aliphatic heterocycles. The van der Waals surface area contributed by atoms with E-state index in [0.717, 1.165) is 4.68 Å². The molecule has 0 saturated carbocycles. The van der Waals surface area contributed by atoms with Crippen LogP contribution in [0.4, 0.5) is 0 Å². The van der Waals surface area contributed by atoms with Crippen molar-refractivity contribution in [3.63, 3.8) is 0 Å². The Labute approximate surface area is 160 Å². The monoisotopic (exact) mass is 384 g/mol. The van der Waals surface area contributed by atoms with Crippen molar-refractivity contribution in [1.82, 2.24) is 9.99 Å². The molecule has 2 N–H and O–H groups in total. The number of nitriles is 1. The Hall–Kier alpha value is -3.51. The number of nitrogens with zero attached hydrogens (tertiary/aromatic N) is 2. The average Bonchev–Trinajstić information content (AvgIpc) is 2.64. The van der Waals surface area contributed by atoms with Gasteiger partial charge in [0.1, 0.15) is 11.6 Å². The molecule has 8 nitrogen and oxygen atoms in total. The van der Waals surface area contributed by atoms with E-state index in [-0.39, 0.29) is 16.2 Å². The van der Waals surface area contributed by atoms with Crippen LogP contribution in [0.25, 0.3) is 0 Å². The van der Waals surface area contributed by atoms with Crippen molar-refractivity contribution in [3.05, 3.63) is 68.6 Å². The van der Waals surface area contributed by atoms with Crippen LogP contribution in [0.5, 0.6) is 0 Å². The highest BCUT2D eigenvalue weighted by Crippen LogP contribution is 2.06. The zero-order valence-corrected chi connectivity index (χ0v) is 15.6. The second-order valence-corrected chi connectivity index (χ2v) is 5.97. The Bertz CT molecular complexity index is 1020. The Morgan fingerprint density at radius 1 is 1.19 bits per heavy atom. The van der Waals surface area contributed by atoms with E-state index in [0.29, 0.717) is 16.8 Å². The maximum Gasteiger partial charge on any atom is 0.337 e. The van der Waals surface area contributed by atoms with Crippen molar-refractivity contribution in [2.24, 2.45) is 0 Å². The van der Waals surface area contributed by atoms with Gasteiger partial charge in [-0.05, 0) is 62.0 Å². The number of nitrogens with one attached hydrogen (secondary N) is 2. The van der Waals surface area contributed by atoms with Gasteiger partial charge in [-0.25, -0.2) is 9.47 Å². The molecule has 0 aliphatic carbocycles. The van der Waals surface area contributed by atoms with Gasteiger partial charge in [-0.2, -0.15) is 5.26 Å². The first-order valence-electron chi connectivity index (χ1n) is 7.72. The first kappa shape index (κ1) is 19.8. The summed E-state index contributed by atoms with van der Waals surface area (Å²) in [5, 5.41) is 11.4. The smallest absolute Gasteiger partial charge is 0.337 e. The molecule has 0 atom stereocenters. The normalized spacial score (nSPS) is 9.85. The zero-order valence-electron chi connectivity index (χ0n) is 14.8. The maximum absolute atomic E-state index is 12.3. The van der Waals surface area contributed by atoms with Gasteiger partial charge in [0.25, 0.3) is 11.5 Å². The standard InChI is InChI=1S/C18H16N4O4S/c1-10-8-11(2)22(16(24)14(10)9-19)21-18(27)20-15(23)12-4-6-13(7-5-12)17(25)26-3/h4-8H,1-3H3,(H2,20,21,23,27). The van der Waals surface area contributed by atoms with Crippen LogP contribution in [-0.4, -0.2) is 28.8 Å². The molecule has 27 heavy (non-hydrogen) atoms. The fraction of sp³-hybridized carbons (Fsp3) is 0.167. The molecule has 0 fully saturated rings. The Morgan fingerprint density at radius 2 is 1.78 bits per heavy atom. The van der Waals surface area contributed by atoms with Gasteiger partial charge in [-0.15, -0.1) is 0 Å². The Morgan fingerprint density at radius 3 is 2.33 bits per heavy atom. The van der Waals surface area contributed by atoms with Crippen molar-refractivity contribution in [1.29, 1.82) is 5.26 Å². The lowest BCUT2D eigenvalue weighted by atomic mass is 10.1. The molecule has 1 aromatic heterocycles. The van der Waals surface area contributed by atoms with Crippen LogP contribution in [0.1, 0.15) is 37.5 Å². The van der Waals surface area contributed by atoms with Crippen LogP contribution in [0.3, 0.4) is 0 Å². The highest BCUT2D eigenvalue weighted by atomic mass is 32.1. The van der Waals surface area contributed by atoms with Crippen LogP contribution in [-0.2, 0) is 4.74 Å². The SMILES string of the molecule is COC(=O)c1ccc(C(=O)NC(=S)Nn2c(C)cc(C)c(C#N)c2=O)cc1. The third kappa shape index (κ3) is 4.37. The zero-order chi connectivity index (χ0) is 20.1. The number of pyridine rings is 1. The first-order chi connectivity index (χ1) is 12.8. The lowest BCUT2D eigenvalue weighted by Gasteiger charge is -2.15. The minimum atomic E-state index is -0.561. The molecule has 1 aromatic carbocycles. The topological polar surface area (TPSA) is 113 Å². The molecule has 0 spiro atoms. The van der Waals surface area contributed by atoms with Gasteiger partial charge in [-0.3, -0.25) is 20.3 Å². The van der Waals surface area contributed by atoms with Crippen LogP contribution < -0.4 is 16.3 Å². The molecule has 2 rings (SSSR count). The summed E-state index contributed by atoms with van der Waals surface area (Å²) in [6.45, 7) is 3.33. The van der Waals surface area contributed by atoms with E-state index in [1.165, 1.54) is 31.4 Å². The number of aromatic nitrogens is 1. The second kappa shape index (κ2) is 8.25. The number of amides is 1. The summed E-state index contributed by atoms with van der Waals surface area (Å²) in [7, 11) is 1.26. The number of rotatable bonds is 3. The molecule has 1 heterocycles. The van der Waals surface area contributed by atoms with Gasteiger partial charge in [0.2, 0.25) is 0 Å². The van der Waals surface area contributed by atoms with Crippen LogP contribution in [0, 0.1) is 25.2 Å². The fourth-order valence-electron chi connectivity index (χ4n) is 2.35. The number of aryl methyl sites for hydroxylation is 2. The molecule has 0 aliphatic rings. The number of esters is 1. The summed E-state index contributed by atoms with van der Waals surface area (Å²) in [4.78, 5) is 36.0. The highest BCUT2D eigenvalue weighted by molar-refractivity contribution is 7.80. The summed E-state index contributed by atoms with van der Waals surface area (Å²) >= 11 is 5.07. The molecule has 138 valence electrons. The van der Waals surface area contributed by atoms with Crippen molar-refractivity contribution in [3.8, 4) is 6.07 Å². The van der Waals surface area contributed by atoms with Crippen molar-refractivity contribution >= 4 is 29.2 Å². The van der Waals surface area contributed by atoms with Crippen molar-refractivity contribution in [2.45, 2.75) is 13.8 Å². The van der Waals surface area contributed by atoms with E-state index in [4.69, 9.17) is 17.5 Å². The molecule has 0 radical (unpaired) electrons. The summed E-state index contributed by atoms with van der Waals surface area (Å²) < 4.78 is 5.68. The van der Waals surface area contributed by atoms with E-state index in [9.17, 15) is 14.4 Å². The number of hydrogen-bond acceptors (Lipinski definition) is 6. The number of hydrogen-bond donors (Lipinski definition) is 2. The third-order valence-corrected chi connectivity index (χ3v) is 3.90. The molecule has 2 aromatic rings. The quantitative estimate of drug-likeness (QED) is 0.607. The van der Waals surface area contributed by atoms with E-state index < -0.39 is 17.4 Å². The molecule has 0 bridgehead atoms. The molecular weight excluding hydrogens is 368 g/mol. The van der Waals surface area contributed by atoms with E-state index >= 15 is 0 Å². The second-order valence-electron chi connectivity index (χ2n) is 5.56. The molecule has 0 saturated heterocycles. The minimum Gasteiger partial charge on any atom is -0.465 e. The Balaban J connectivity index is 2.15. The number of methoxy groups -OCH3 is 1. The minimum absolute atomic E-state index is 0.0133. The van der Waals surface area contributed by atoms with Gasteiger partial charge in [0.05, 0.1) is 12.7 Å². The van der Waals surface area contributed by atoms with Gasteiger partial charge in [0, 0.05) is 11.3 Å². The third-order valence-electron chi connectivity index (χ3n) is 3.71. The number of benzene rings is 1. The summed E-state index contributed by atoms with van der Waals surface area (Å²) in [6, 6.07) is 9.29. The number of thiocarbonyl (C=S) groups is 1. The first-order valence-corrected chi connectivity index (χ1v) is 8.13. The van der Waals surface area contributed by atoms with Crippen LogP contribution >= 0.6 is 12.2 Å². The molecule has 1 amide bonds. The van der Waals surface area contributed by atoms with Crippen molar-refractivity contribution in [2.75, 3.05) is 12.5 Å². The summed E-state index contributed by atoms with van der Waals surface area (Å²) in [5.74, 6) is -1.04. The molecular formula is C18H16N4O4S. The summed E-state index contributed by atoms with van der Waals surface area (Å²) in [6.07, 6.45) is 0. The lowest BCUT2D eigenvalue weighted by Crippen LogP contribution is -2.43. The average molecular weight is 384 g/mol. The van der Waals surface area contributed by atoms with Gasteiger partial charge in [0.15, 0.2) is 5.11 Å². The highest BCUT2D eigenvalue weighted by Gasteiger charge is 2.13. The van der Waals surface area contributed by atoms with E-state index in [1.807, 2.05) is 6.07 Å². The number of ether oxygens (including phenoxy) is 1. The van der Waals surface area contributed by atoms with Crippen molar-refractivity contribution < 1.29 is 14.3 Å². The van der Waals surface area contributed by atoms with Crippen LogP contribution in [0.2, 0.25) is 0 Å². The number of carbonyl (C=O) groups is 2.